The zero-order valence-electron chi connectivity index (χ0n) is 34.7. The van der Waals surface area contributed by atoms with E-state index in [1.807, 2.05) is 36.4 Å². The predicted octanol–water partition coefficient (Wildman–Crippen LogP) is 16.0. The van der Waals surface area contributed by atoms with Gasteiger partial charge in [0.05, 0.1) is 11.1 Å². The Bertz CT molecular complexity index is 3660. The third kappa shape index (κ3) is 5.46. The molecule has 0 N–H and O–H groups in total. The average molecular weight is 819 g/mol. The van der Waals surface area contributed by atoms with Crippen LogP contribution in [0.4, 0.5) is 17.1 Å². The Morgan fingerprint density at radius 2 is 1.00 bits per heavy atom. The van der Waals surface area contributed by atoms with Crippen LogP contribution in [0.1, 0.15) is 22.3 Å². The quantitative estimate of drug-likeness (QED) is 0.161. The maximum absolute atomic E-state index is 6.83. The van der Waals surface area contributed by atoms with Gasteiger partial charge in [-0.2, -0.15) is 0 Å². The molecule has 0 saturated carbocycles. The average Bonchev–Trinajstić information content (AvgIpc) is 4.06. The molecule has 10 aromatic carbocycles. The maximum atomic E-state index is 6.83. The monoisotopic (exact) mass is 818 g/mol. The summed E-state index contributed by atoms with van der Waals surface area (Å²) in [7, 11) is 0. The van der Waals surface area contributed by atoms with Gasteiger partial charge in [0.25, 0.3) is 0 Å². The van der Waals surface area contributed by atoms with Gasteiger partial charge in [-0.3, -0.25) is 0 Å². The summed E-state index contributed by atoms with van der Waals surface area (Å²) in [6.45, 7) is 0. The first-order valence-corrected chi connectivity index (χ1v) is 21.8. The summed E-state index contributed by atoms with van der Waals surface area (Å²) in [6, 6.07) is 82.6. The highest BCUT2D eigenvalue weighted by atomic mass is 16.3. The molecule has 300 valence electrons. The van der Waals surface area contributed by atoms with Gasteiger partial charge in [-0.1, -0.05) is 170 Å². The number of fused-ring (bicyclic) bond motifs is 9. The fraction of sp³-hybridized carbons (Fsp3) is 0.0167. The second-order valence-electron chi connectivity index (χ2n) is 16.6. The van der Waals surface area contributed by atoms with Gasteiger partial charge in [-0.05, 0) is 104 Å². The first kappa shape index (κ1) is 36.2. The maximum Gasteiger partial charge on any atom is 0.227 e. The highest BCUT2D eigenvalue weighted by Gasteiger charge is 2.46. The molecule has 0 radical (unpaired) electrons. The highest BCUT2D eigenvalue weighted by Crippen LogP contribution is 2.57. The summed E-state index contributed by atoms with van der Waals surface area (Å²) >= 11 is 0. The molecule has 2 heterocycles. The first-order valence-electron chi connectivity index (χ1n) is 21.8. The van der Waals surface area contributed by atoms with Crippen LogP contribution in [0.15, 0.2) is 239 Å². The Kier molecular flexibility index (Phi) is 8.09. The van der Waals surface area contributed by atoms with Gasteiger partial charge >= 0.3 is 0 Å². The number of hydrogen-bond acceptors (Lipinski definition) is 4. The van der Waals surface area contributed by atoms with E-state index in [2.05, 4.69) is 199 Å². The summed E-state index contributed by atoms with van der Waals surface area (Å²) in [5.41, 5.74) is 16.5. The molecule has 64 heavy (non-hydrogen) atoms. The van der Waals surface area contributed by atoms with Gasteiger partial charge in [0, 0.05) is 39.2 Å². The Hall–Kier alpha value is -8.47. The number of nitrogens with zero attached hydrogens (tertiary/aromatic N) is 2. The standard InChI is InChI=1S/C60H38N2O2/c1-3-16-39(17-4-1)40-30-33-44(34-31-40)62(45-21-15-20-43(37-45)60(42-18-5-2-6-19-42)51-26-11-9-22-46(51)47-23-10-12-27-52(47)60)54-38-57-58(49-25-8-7-24-48(49)54)50-36-41(32-35-55(50)63-57)59-61-53-28-13-14-29-56(53)64-59/h1-38H. The number of anilines is 3. The Morgan fingerprint density at radius 1 is 0.375 bits per heavy atom. The molecule has 1 aliphatic carbocycles. The topological polar surface area (TPSA) is 42.4 Å². The molecule has 0 amide bonds. The molecule has 4 nitrogen and oxygen atoms in total. The minimum absolute atomic E-state index is 0.551. The van der Waals surface area contributed by atoms with Crippen molar-refractivity contribution >= 4 is 60.9 Å². The van der Waals surface area contributed by atoms with E-state index in [1.165, 1.54) is 38.9 Å². The van der Waals surface area contributed by atoms with Crippen LogP contribution in [-0.2, 0) is 5.41 Å². The molecule has 12 aromatic rings. The van der Waals surface area contributed by atoms with E-state index in [-0.39, 0.29) is 0 Å². The van der Waals surface area contributed by atoms with E-state index in [0.717, 1.165) is 72.0 Å². The number of rotatable bonds is 7. The van der Waals surface area contributed by atoms with Crippen molar-refractivity contribution in [3.8, 4) is 33.7 Å². The summed E-state index contributed by atoms with van der Waals surface area (Å²) < 4.78 is 13.1. The lowest BCUT2D eigenvalue weighted by Gasteiger charge is -2.35. The Labute approximate surface area is 369 Å². The van der Waals surface area contributed by atoms with Crippen molar-refractivity contribution in [1.29, 1.82) is 0 Å². The van der Waals surface area contributed by atoms with Gasteiger partial charge in [0.15, 0.2) is 5.58 Å². The van der Waals surface area contributed by atoms with Crippen molar-refractivity contribution in [3.63, 3.8) is 0 Å². The second kappa shape index (κ2) is 14.3. The molecule has 4 heteroatoms. The van der Waals surface area contributed by atoms with Crippen LogP contribution in [-0.4, -0.2) is 4.98 Å². The first-order chi connectivity index (χ1) is 31.7. The van der Waals surface area contributed by atoms with Gasteiger partial charge in [0.1, 0.15) is 16.7 Å². The van der Waals surface area contributed by atoms with Crippen molar-refractivity contribution in [1.82, 2.24) is 4.98 Å². The predicted molar refractivity (Wildman–Crippen MR) is 262 cm³/mol. The smallest absolute Gasteiger partial charge is 0.227 e. The molecule has 13 rings (SSSR count). The van der Waals surface area contributed by atoms with Crippen LogP contribution < -0.4 is 4.90 Å². The van der Waals surface area contributed by atoms with Crippen LogP contribution in [0, 0.1) is 0 Å². The molecular formula is C60H38N2O2. The normalized spacial score (nSPS) is 12.8. The van der Waals surface area contributed by atoms with Crippen LogP contribution in [0.5, 0.6) is 0 Å². The van der Waals surface area contributed by atoms with E-state index in [1.54, 1.807) is 0 Å². The van der Waals surface area contributed by atoms with Gasteiger partial charge < -0.3 is 13.7 Å². The van der Waals surface area contributed by atoms with Crippen LogP contribution in [0.25, 0.3) is 77.5 Å². The lowest BCUT2D eigenvalue weighted by atomic mass is 9.67. The van der Waals surface area contributed by atoms with Crippen molar-refractivity contribution in [2.24, 2.45) is 0 Å². The molecule has 0 aliphatic heterocycles. The number of benzene rings is 10. The third-order valence-corrected chi connectivity index (χ3v) is 13.2. The molecule has 1 aliphatic rings. The van der Waals surface area contributed by atoms with Gasteiger partial charge in [-0.25, -0.2) is 4.98 Å². The number of furan rings is 1. The fourth-order valence-corrected chi connectivity index (χ4v) is 10.4. The minimum atomic E-state index is -0.551. The van der Waals surface area contributed by atoms with Gasteiger partial charge in [0.2, 0.25) is 5.89 Å². The van der Waals surface area contributed by atoms with Crippen LogP contribution in [0.3, 0.4) is 0 Å². The molecular weight excluding hydrogens is 781 g/mol. The van der Waals surface area contributed by atoms with E-state index in [4.69, 9.17) is 13.8 Å². The van der Waals surface area contributed by atoms with Crippen LogP contribution in [0.2, 0.25) is 0 Å². The van der Waals surface area contributed by atoms with Crippen molar-refractivity contribution in [3.05, 3.63) is 253 Å². The number of hydrogen-bond donors (Lipinski definition) is 0. The van der Waals surface area contributed by atoms with Crippen molar-refractivity contribution in [2.75, 3.05) is 4.90 Å². The Morgan fingerprint density at radius 3 is 1.77 bits per heavy atom. The zero-order valence-corrected chi connectivity index (χ0v) is 34.7. The van der Waals surface area contributed by atoms with E-state index in [9.17, 15) is 0 Å². The number of para-hydroxylation sites is 2. The zero-order chi connectivity index (χ0) is 42.2. The van der Waals surface area contributed by atoms with E-state index >= 15 is 0 Å². The molecule has 0 atom stereocenters. The van der Waals surface area contributed by atoms with E-state index in [0.29, 0.717) is 5.89 Å². The lowest BCUT2D eigenvalue weighted by molar-refractivity contribution is 0.620. The van der Waals surface area contributed by atoms with E-state index < -0.39 is 5.41 Å². The third-order valence-electron chi connectivity index (χ3n) is 13.2. The summed E-state index contributed by atoms with van der Waals surface area (Å²) in [6.07, 6.45) is 0. The summed E-state index contributed by atoms with van der Waals surface area (Å²) in [4.78, 5) is 7.23. The highest BCUT2D eigenvalue weighted by molar-refractivity contribution is 6.23. The molecule has 0 spiro atoms. The molecule has 0 unspecified atom stereocenters. The van der Waals surface area contributed by atoms with Crippen LogP contribution >= 0.6 is 0 Å². The number of aromatic nitrogens is 1. The molecule has 0 bridgehead atoms. The molecule has 0 saturated heterocycles. The Balaban J connectivity index is 1.05. The van der Waals surface area contributed by atoms with Gasteiger partial charge in [-0.15, -0.1) is 0 Å². The molecule has 0 fully saturated rings. The lowest BCUT2D eigenvalue weighted by Crippen LogP contribution is -2.28. The number of oxazole rings is 1. The molecule has 2 aromatic heterocycles. The minimum Gasteiger partial charge on any atom is -0.456 e. The SMILES string of the molecule is c1ccc(-c2ccc(N(c3cccc(C4(c5ccccc5)c5ccccc5-c5ccccc54)c3)c3cc4oc5ccc(-c6nc7ccccc7o6)cc5c4c4ccccc34)cc2)cc1. The van der Waals surface area contributed by atoms with Crippen molar-refractivity contribution in [2.45, 2.75) is 5.41 Å². The van der Waals surface area contributed by atoms with Crippen molar-refractivity contribution < 1.29 is 8.83 Å². The largest absolute Gasteiger partial charge is 0.456 e. The summed E-state index contributed by atoms with van der Waals surface area (Å²) in [5.74, 6) is 0.587. The second-order valence-corrected chi connectivity index (χ2v) is 16.6. The fourth-order valence-electron chi connectivity index (χ4n) is 10.4. The summed E-state index contributed by atoms with van der Waals surface area (Å²) in [5, 5.41) is 4.28.